The molecule has 0 amide bonds. The molecule has 2 atom stereocenters. The van der Waals surface area contributed by atoms with Gasteiger partial charge in [-0.2, -0.15) is 4.98 Å². The van der Waals surface area contributed by atoms with E-state index in [1.54, 1.807) is 6.33 Å². The molecule has 1 fully saturated rings. The van der Waals surface area contributed by atoms with Crippen molar-refractivity contribution in [1.29, 1.82) is 0 Å². The number of nitrogens with one attached hydrogen (secondary N) is 1. The van der Waals surface area contributed by atoms with Crippen molar-refractivity contribution in [2.75, 3.05) is 12.3 Å². The summed E-state index contributed by atoms with van der Waals surface area (Å²) in [6.45, 7) is 4.38. The van der Waals surface area contributed by atoms with E-state index in [4.69, 9.17) is 5.73 Å². The van der Waals surface area contributed by atoms with Gasteiger partial charge < -0.3 is 15.4 Å². The zero-order chi connectivity index (χ0) is 13.8. The van der Waals surface area contributed by atoms with Crippen LogP contribution < -0.4 is 11.3 Å². The minimum atomic E-state index is -0.322. The first-order chi connectivity index (χ1) is 8.95. The molecule has 4 N–H and O–H groups in total. The van der Waals surface area contributed by atoms with Crippen molar-refractivity contribution < 1.29 is 5.11 Å². The van der Waals surface area contributed by atoms with E-state index in [0.29, 0.717) is 11.2 Å². The standard InChI is InChI=1S/C12H17N5O2/c1-12(2)6(4-18)3-7(12)17-5-14-8-9(17)15-11(13)16-10(8)19/h5-7,18H,3-4H2,1-2H3,(H3,13,15,16,19)/t6-,7-/m0/s1. The van der Waals surface area contributed by atoms with Crippen LogP contribution >= 0.6 is 0 Å². The molecule has 2 heterocycles. The lowest BCUT2D eigenvalue weighted by molar-refractivity contribution is -0.0405. The van der Waals surface area contributed by atoms with Gasteiger partial charge in [0.05, 0.1) is 6.33 Å². The minimum absolute atomic E-state index is 0.0541. The largest absolute Gasteiger partial charge is 0.396 e. The van der Waals surface area contributed by atoms with Gasteiger partial charge in [0, 0.05) is 12.6 Å². The predicted molar refractivity (Wildman–Crippen MR) is 70.6 cm³/mol. The van der Waals surface area contributed by atoms with Gasteiger partial charge in [-0.1, -0.05) is 13.8 Å². The average Bonchev–Trinajstić information content (AvgIpc) is 2.72. The maximum atomic E-state index is 11.7. The number of nitrogen functional groups attached to an aromatic ring is 1. The van der Waals surface area contributed by atoms with Crippen LogP contribution in [0.2, 0.25) is 0 Å². The number of nitrogens with two attached hydrogens (primary N) is 1. The summed E-state index contributed by atoms with van der Waals surface area (Å²) in [7, 11) is 0. The Hall–Kier alpha value is -1.89. The fourth-order valence-corrected chi connectivity index (χ4v) is 2.94. The molecule has 3 rings (SSSR count). The zero-order valence-electron chi connectivity index (χ0n) is 10.9. The Kier molecular flexibility index (Phi) is 2.43. The highest BCUT2D eigenvalue weighted by Crippen LogP contribution is 2.54. The van der Waals surface area contributed by atoms with Crippen molar-refractivity contribution in [2.24, 2.45) is 11.3 Å². The lowest BCUT2D eigenvalue weighted by Crippen LogP contribution is -2.47. The molecule has 0 radical (unpaired) electrons. The number of imidazole rings is 1. The molecule has 0 aromatic carbocycles. The van der Waals surface area contributed by atoms with Gasteiger partial charge in [-0.25, -0.2) is 4.98 Å². The van der Waals surface area contributed by atoms with E-state index in [1.165, 1.54) is 0 Å². The monoisotopic (exact) mass is 263 g/mol. The van der Waals surface area contributed by atoms with Crippen molar-refractivity contribution in [3.8, 4) is 0 Å². The molecule has 2 aromatic rings. The first-order valence-corrected chi connectivity index (χ1v) is 6.28. The van der Waals surface area contributed by atoms with Gasteiger partial charge >= 0.3 is 0 Å². The molecule has 1 saturated carbocycles. The summed E-state index contributed by atoms with van der Waals surface area (Å²) in [6, 6.07) is 0.170. The maximum absolute atomic E-state index is 11.7. The van der Waals surface area contributed by atoms with Gasteiger partial charge in [-0.3, -0.25) is 9.78 Å². The molecular weight excluding hydrogens is 246 g/mol. The molecule has 2 aromatic heterocycles. The van der Waals surface area contributed by atoms with E-state index >= 15 is 0 Å². The molecule has 0 bridgehead atoms. The number of hydrogen-bond donors (Lipinski definition) is 3. The lowest BCUT2D eigenvalue weighted by atomic mass is 9.59. The third kappa shape index (κ3) is 1.58. The van der Waals surface area contributed by atoms with Crippen LogP contribution in [0, 0.1) is 11.3 Å². The molecule has 7 heteroatoms. The number of aromatic amines is 1. The Labute approximate surface area is 109 Å². The summed E-state index contributed by atoms with van der Waals surface area (Å²) in [5, 5.41) is 9.32. The molecular formula is C12H17N5O2. The first kappa shape index (κ1) is 12.2. The van der Waals surface area contributed by atoms with Crippen molar-refractivity contribution in [3.63, 3.8) is 0 Å². The second-order valence-electron chi connectivity index (χ2n) is 5.73. The quantitative estimate of drug-likeness (QED) is 0.721. The summed E-state index contributed by atoms with van der Waals surface area (Å²) >= 11 is 0. The lowest BCUT2D eigenvalue weighted by Gasteiger charge is -2.52. The van der Waals surface area contributed by atoms with Crippen LogP contribution in [0.25, 0.3) is 11.2 Å². The van der Waals surface area contributed by atoms with Gasteiger partial charge in [0.15, 0.2) is 11.2 Å². The van der Waals surface area contributed by atoms with Crippen LogP contribution in [-0.2, 0) is 0 Å². The zero-order valence-corrected chi connectivity index (χ0v) is 10.9. The summed E-state index contributed by atoms with van der Waals surface area (Å²) in [4.78, 5) is 22.5. The normalized spacial score (nSPS) is 25.4. The minimum Gasteiger partial charge on any atom is -0.396 e. The molecule has 0 saturated heterocycles. The number of nitrogens with zero attached hydrogens (tertiary/aromatic N) is 3. The van der Waals surface area contributed by atoms with Crippen LogP contribution in [0.1, 0.15) is 26.3 Å². The molecule has 0 unspecified atom stereocenters. The van der Waals surface area contributed by atoms with E-state index in [1.807, 2.05) is 4.57 Å². The van der Waals surface area contributed by atoms with Crippen molar-refractivity contribution >= 4 is 17.1 Å². The second-order valence-corrected chi connectivity index (χ2v) is 5.73. The number of H-pyrrole nitrogens is 1. The summed E-state index contributed by atoms with van der Waals surface area (Å²) < 4.78 is 1.90. The Bertz CT molecular complexity index is 687. The summed E-state index contributed by atoms with van der Waals surface area (Å²) in [6.07, 6.45) is 2.48. The third-order valence-electron chi connectivity index (χ3n) is 4.43. The highest BCUT2D eigenvalue weighted by atomic mass is 16.3. The Morgan fingerprint density at radius 2 is 2.37 bits per heavy atom. The average molecular weight is 263 g/mol. The predicted octanol–water partition coefficient (Wildman–Crippen LogP) is 0.281. The maximum Gasteiger partial charge on any atom is 0.280 e. The second kappa shape index (κ2) is 3.80. The van der Waals surface area contributed by atoms with Crippen molar-refractivity contribution in [3.05, 3.63) is 16.7 Å². The van der Waals surface area contributed by atoms with Crippen LogP contribution in [0.15, 0.2) is 11.1 Å². The number of aromatic nitrogens is 4. The first-order valence-electron chi connectivity index (χ1n) is 6.28. The number of aliphatic hydroxyl groups is 1. The molecule has 1 aliphatic carbocycles. The van der Waals surface area contributed by atoms with E-state index < -0.39 is 0 Å². The molecule has 0 aliphatic heterocycles. The van der Waals surface area contributed by atoms with Crippen LogP contribution in [-0.4, -0.2) is 31.2 Å². The van der Waals surface area contributed by atoms with E-state index in [2.05, 4.69) is 28.8 Å². The number of hydrogen-bond acceptors (Lipinski definition) is 5. The summed E-state index contributed by atoms with van der Waals surface area (Å²) in [5.41, 5.74) is 6.02. The number of anilines is 1. The fraction of sp³-hybridized carbons (Fsp3) is 0.583. The van der Waals surface area contributed by atoms with Crippen molar-refractivity contribution in [1.82, 2.24) is 19.5 Å². The Morgan fingerprint density at radius 1 is 1.63 bits per heavy atom. The summed E-state index contributed by atoms with van der Waals surface area (Å²) in [5.74, 6) is 0.351. The SMILES string of the molecule is CC1(C)[C@H](CO)C[C@@H]1n1cnc2c(=O)[nH]c(N)nc21. The van der Waals surface area contributed by atoms with Gasteiger partial charge in [-0.15, -0.1) is 0 Å². The molecule has 1 aliphatic rings. The van der Waals surface area contributed by atoms with Crippen molar-refractivity contribution in [2.45, 2.75) is 26.3 Å². The Balaban J connectivity index is 2.11. The highest BCUT2D eigenvalue weighted by Gasteiger charge is 2.49. The van der Waals surface area contributed by atoms with Crippen LogP contribution in [0.3, 0.4) is 0 Å². The Morgan fingerprint density at radius 3 is 3.00 bits per heavy atom. The van der Waals surface area contributed by atoms with Crippen LogP contribution in [0.4, 0.5) is 5.95 Å². The van der Waals surface area contributed by atoms with Gasteiger partial charge in [-0.05, 0) is 17.8 Å². The van der Waals surface area contributed by atoms with Crippen LogP contribution in [0.5, 0.6) is 0 Å². The third-order valence-corrected chi connectivity index (χ3v) is 4.43. The molecule has 102 valence electrons. The number of aliphatic hydroxyl groups excluding tert-OH is 1. The number of rotatable bonds is 2. The van der Waals surface area contributed by atoms with E-state index in [9.17, 15) is 9.90 Å². The topological polar surface area (TPSA) is 110 Å². The van der Waals surface area contributed by atoms with Gasteiger partial charge in [0.25, 0.3) is 5.56 Å². The molecule has 7 nitrogen and oxygen atoms in total. The molecule has 0 spiro atoms. The fourth-order valence-electron chi connectivity index (χ4n) is 2.94. The number of fused-ring (bicyclic) bond motifs is 1. The van der Waals surface area contributed by atoms with Gasteiger partial charge in [0.1, 0.15) is 0 Å². The molecule has 19 heavy (non-hydrogen) atoms. The smallest absolute Gasteiger partial charge is 0.280 e. The van der Waals surface area contributed by atoms with E-state index in [0.717, 1.165) is 6.42 Å². The van der Waals surface area contributed by atoms with E-state index in [-0.39, 0.29) is 35.5 Å². The van der Waals surface area contributed by atoms with Gasteiger partial charge in [0.2, 0.25) is 5.95 Å². The highest BCUT2D eigenvalue weighted by molar-refractivity contribution is 5.70.